The van der Waals surface area contributed by atoms with Crippen LogP contribution in [-0.2, 0) is 0 Å². The van der Waals surface area contributed by atoms with Crippen molar-refractivity contribution in [1.29, 1.82) is 0 Å². The second-order valence-corrected chi connectivity index (χ2v) is 11.5. The summed E-state index contributed by atoms with van der Waals surface area (Å²) in [5.41, 5.74) is 0. The van der Waals surface area contributed by atoms with Crippen LogP contribution in [0.25, 0.3) is 0 Å². The zero-order valence-electron chi connectivity index (χ0n) is 13.1. The first kappa shape index (κ1) is 16.3. The summed E-state index contributed by atoms with van der Waals surface area (Å²) >= 11 is 0. The van der Waals surface area contributed by atoms with Gasteiger partial charge in [0.2, 0.25) is 0 Å². The second-order valence-electron chi connectivity index (χ2n) is 6.49. The average Bonchev–Trinajstić information content (AvgIpc) is 2.77. The molecule has 110 valence electrons. The normalized spacial score (nSPS) is 24.2. The van der Waals surface area contributed by atoms with Gasteiger partial charge in [0.15, 0.2) is 0 Å². The quantitative estimate of drug-likeness (QED) is 0.780. The Balaban J connectivity index is 2.83. The highest BCUT2D eigenvalue weighted by molar-refractivity contribution is 8.35. The summed E-state index contributed by atoms with van der Waals surface area (Å²) in [6.45, 7) is 15.2. The van der Waals surface area contributed by atoms with Gasteiger partial charge in [-0.2, -0.15) is 0 Å². The van der Waals surface area contributed by atoms with Crippen LogP contribution in [0.1, 0.15) is 54.4 Å². The number of hydrogen-bond donors (Lipinski definition) is 2. The Morgan fingerprint density at radius 2 is 1.56 bits per heavy atom. The molecule has 1 heterocycles. The van der Waals surface area contributed by atoms with Gasteiger partial charge < -0.3 is 10.4 Å². The molecule has 0 aliphatic carbocycles. The Morgan fingerprint density at radius 3 is 1.89 bits per heavy atom. The summed E-state index contributed by atoms with van der Waals surface area (Å²) in [5.74, 6) is 1.01. The SMILES string of the molecule is CC(C)S(CC(O)C1CCCN1)(C(C)C)C(C)C. The van der Waals surface area contributed by atoms with E-state index < -0.39 is 10.0 Å². The van der Waals surface area contributed by atoms with Crippen LogP contribution in [0.4, 0.5) is 0 Å². The monoisotopic (exact) mass is 275 g/mol. The Hall–Kier alpha value is 0.270. The van der Waals surface area contributed by atoms with Crippen LogP contribution in [0.3, 0.4) is 0 Å². The minimum Gasteiger partial charge on any atom is -0.391 e. The van der Waals surface area contributed by atoms with Crippen molar-refractivity contribution >= 4 is 10.0 Å². The zero-order chi connectivity index (χ0) is 13.9. The molecule has 0 radical (unpaired) electrons. The van der Waals surface area contributed by atoms with Crippen molar-refractivity contribution in [2.45, 2.75) is 82.3 Å². The van der Waals surface area contributed by atoms with Crippen LogP contribution < -0.4 is 5.32 Å². The van der Waals surface area contributed by atoms with E-state index in [0.29, 0.717) is 21.8 Å². The molecule has 2 unspecified atom stereocenters. The van der Waals surface area contributed by atoms with E-state index in [0.717, 1.165) is 18.7 Å². The molecule has 0 aromatic rings. The fraction of sp³-hybridized carbons (Fsp3) is 1.00. The summed E-state index contributed by atoms with van der Waals surface area (Å²) in [5, 5.41) is 16.1. The summed E-state index contributed by atoms with van der Waals surface area (Å²) in [6, 6.07) is 0.341. The number of hydrogen-bond acceptors (Lipinski definition) is 2. The van der Waals surface area contributed by atoms with Crippen molar-refractivity contribution in [3.8, 4) is 0 Å². The van der Waals surface area contributed by atoms with Crippen LogP contribution in [0, 0.1) is 0 Å². The van der Waals surface area contributed by atoms with E-state index in [-0.39, 0.29) is 6.10 Å². The molecule has 2 N–H and O–H groups in total. The molecule has 0 aromatic heterocycles. The van der Waals surface area contributed by atoms with Gasteiger partial charge in [-0.05, 0) is 35.1 Å². The Morgan fingerprint density at radius 1 is 1.06 bits per heavy atom. The molecule has 18 heavy (non-hydrogen) atoms. The van der Waals surface area contributed by atoms with E-state index >= 15 is 0 Å². The highest BCUT2D eigenvalue weighted by atomic mass is 32.3. The van der Waals surface area contributed by atoms with Gasteiger partial charge in [0.05, 0.1) is 6.10 Å². The third-order valence-electron chi connectivity index (χ3n) is 4.66. The van der Waals surface area contributed by atoms with Gasteiger partial charge >= 0.3 is 0 Å². The Kier molecular flexibility index (Phi) is 6.01. The second kappa shape index (κ2) is 6.62. The summed E-state index contributed by atoms with van der Waals surface area (Å²) < 4.78 is 0. The number of aliphatic hydroxyl groups excluding tert-OH is 1. The maximum absolute atomic E-state index is 10.6. The molecule has 0 bridgehead atoms. The Bertz CT molecular complexity index is 225. The van der Waals surface area contributed by atoms with Gasteiger partial charge in [0.1, 0.15) is 0 Å². The van der Waals surface area contributed by atoms with E-state index in [1.165, 1.54) is 6.42 Å². The van der Waals surface area contributed by atoms with Crippen LogP contribution in [0.2, 0.25) is 0 Å². The molecule has 0 spiro atoms. The number of rotatable bonds is 6. The molecule has 0 amide bonds. The van der Waals surface area contributed by atoms with Crippen molar-refractivity contribution in [3.63, 3.8) is 0 Å². The highest BCUT2D eigenvalue weighted by Crippen LogP contribution is 2.60. The topological polar surface area (TPSA) is 32.3 Å². The molecular formula is C15H33NOS. The first-order valence-corrected chi connectivity index (χ1v) is 9.50. The fourth-order valence-electron chi connectivity index (χ4n) is 3.66. The molecule has 1 rings (SSSR count). The minimum atomic E-state index is -0.773. The zero-order valence-corrected chi connectivity index (χ0v) is 13.9. The molecule has 1 aliphatic heterocycles. The summed E-state index contributed by atoms with van der Waals surface area (Å²) in [6.07, 6.45) is 2.20. The maximum atomic E-state index is 10.6. The minimum absolute atomic E-state index is 0.158. The van der Waals surface area contributed by atoms with Gasteiger partial charge in [-0.3, -0.25) is 0 Å². The van der Waals surface area contributed by atoms with E-state index in [9.17, 15) is 5.11 Å². The van der Waals surface area contributed by atoms with E-state index in [1.807, 2.05) is 0 Å². The molecule has 1 fully saturated rings. The van der Waals surface area contributed by atoms with Crippen molar-refractivity contribution in [3.05, 3.63) is 0 Å². The molecule has 0 saturated carbocycles. The molecule has 2 nitrogen and oxygen atoms in total. The maximum Gasteiger partial charge on any atom is 0.0769 e. The van der Waals surface area contributed by atoms with Crippen LogP contribution >= 0.6 is 10.0 Å². The standard InChI is InChI=1S/C15H33NOS/c1-11(2)18(12(3)4,13(5)6)10-15(17)14-8-7-9-16-14/h11-17H,7-10H2,1-6H3. The number of nitrogens with one attached hydrogen (secondary N) is 1. The first-order valence-electron chi connectivity index (χ1n) is 7.51. The smallest absolute Gasteiger partial charge is 0.0769 e. The summed E-state index contributed by atoms with van der Waals surface area (Å²) in [7, 11) is -0.773. The van der Waals surface area contributed by atoms with Gasteiger partial charge in [0, 0.05) is 11.8 Å². The lowest BCUT2D eigenvalue weighted by Gasteiger charge is -2.53. The third-order valence-corrected chi connectivity index (χ3v) is 10.8. The van der Waals surface area contributed by atoms with E-state index in [4.69, 9.17) is 0 Å². The van der Waals surface area contributed by atoms with Gasteiger partial charge in [-0.15, -0.1) is 0 Å². The molecule has 1 aliphatic rings. The first-order chi connectivity index (χ1) is 8.32. The van der Waals surface area contributed by atoms with Gasteiger partial charge in [0.25, 0.3) is 0 Å². The van der Waals surface area contributed by atoms with Crippen LogP contribution in [-0.4, -0.2) is 45.3 Å². The molecule has 2 atom stereocenters. The van der Waals surface area contributed by atoms with Crippen LogP contribution in [0.15, 0.2) is 0 Å². The summed E-state index contributed by atoms with van der Waals surface area (Å²) in [4.78, 5) is 0. The lowest BCUT2D eigenvalue weighted by atomic mass is 10.1. The van der Waals surface area contributed by atoms with Crippen molar-refractivity contribution in [2.24, 2.45) is 0 Å². The lowest BCUT2D eigenvalue weighted by Crippen LogP contribution is -2.43. The molecule has 3 heteroatoms. The third kappa shape index (κ3) is 3.23. The predicted octanol–water partition coefficient (Wildman–Crippen LogP) is 3.13. The van der Waals surface area contributed by atoms with Crippen molar-refractivity contribution < 1.29 is 5.11 Å². The number of aliphatic hydroxyl groups is 1. The highest BCUT2D eigenvalue weighted by Gasteiger charge is 2.38. The predicted molar refractivity (Wildman–Crippen MR) is 84.9 cm³/mol. The molecular weight excluding hydrogens is 242 g/mol. The van der Waals surface area contributed by atoms with Crippen molar-refractivity contribution in [1.82, 2.24) is 5.32 Å². The van der Waals surface area contributed by atoms with E-state index in [2.05, 4.69) is 46.9 Å². The molecule has 0 aromatic carbocycles. The van der Waals surface area contributed by atoms with Crippen molar-refractivity contribution in [2.75, 3.05) is 12.3 Å². The lowest BCUT2D eigenvalue weighted by molar-refractivity contribution is 0.157. The average molecular weight is 276 g/mol. The largest absolute Gasteiger partial charge is 0.391 e. The van der Waals surface area contributed by atoms with Gasteiger partial charge in [-0.1, -0.05) is 41.5 Å². The Labute approximate surface area is 115 Å². The fourth-order valence-corrected chi connectivity index (χ4v) is 8.91. The van der Waals surface area contributed by atoms with E-state index in [1.54, 1.807) is 0 Å². The molecule has 1 saturated heterocycles. The van der Waals surface area contributed by atoms with Gasteiger partial charge in [-0.25, -0.2) is 10.0 Å². The van der Waals surface area contributed by atoms with Crippen LogP contribution in [0.5, 0.6) is 0 Å².